The number of benzene rings is 2. The molecule has 2 amide bonds. The number of hydrogen-bond donors (Lipinski definition) is 2. The normalized spacial score (nSPS) is 10.7. The summed E-state index contributed by atoms with van der Waals surface area (Å²) >= 11 is 0. The van der Waals surface area contributed by atoms with Crippen molar-refractivity contribution in [1.82, 2.24) is 0 Å². The van der Waals surface area contributed by atoms with Crippen molar-refractivity contribution in [2.24, 2.45) is 11.8 Å². The first-order valence-electron chi connectivity index (χ1n) is 8.80. The second-order valence-electron chi connectivity index (χ2n) is 6.91. The number of nitrogens with one attached hydrogen (secondary N) is 2. The molecule has 0 radical (unpaired) electrons. The van der Waals surface area contributed by atoms with Crippen LogP contribution in [0.15, 0.2) is 48.5 Å². The lowest BCUT2D eigenvalue weighted by Crippen LogP contribution is -2.18. The highest BCUT2D eigenvalue weighted by Crippen LogP contribution is 2.18. The van der Waals surface area contributed by atoms with Gasteiger partial charge in [-0.1, -0.05) is 33.8 Å². The lowest BCUT2D eigenvalue weighted by Gasteiger charge is -2.11. The van der Waals surface area contributed by atoms with Crippen LogP contribution in [0.4, 0.5) is 11.4 Å². The van der Waals surface area contributed by atoms with Crippen molar-refractivity contribution in [3.05, 3.63) is 54.1 Å². The average molecular weight is 354 g/mol. The maximum absolute atomic E-state index is 12.4. The van der Waals surface area contributed by atoms with Crippen molar-refractivity contribution in [3.63, 3.8) is 0 Å². The topological polar surface area (TPSA) is 67.4 Å². The fourth-order valence-corrected chi connectivity index (χ4v) is 2.13. The maximum atomic E-state index is 12.4. The van der Waals surface area contributed by atoms with Crippen LogP contribution in [0, 0.1) is 11.8 Å². The molecule has 5 heteroatoms. The summed E-state index contributed by atoms with van der Waals surface area (Å²) in [5, 5.41) is 5.66. The zero-order chi connectivity index (χ0) is 19.1. The molecule has 0 bridgehead atoms. The van der Waals surface area contributed by atoms with Crippen LogP contribution < -0.4 is 15.4 Å². The van der Waals surface area contributed by atoms with Gasteiger partial charge in [0.05, 0.1) is 6.61 Å². The lowest BCUT2D eigenvalue weighted by molar-refractivity contribution is -0.118. The Morgan fingerprint density at radius 2 is 1.54 bits per heavy atom. The fraction of sp³-hybridized carbons (Fsp3) is 0.333. The van der Waals surface area contributed by atoms with Gasteiger partial charge in [-0.05, 0) is 48.4 Å². The van der Waals surface area contributed by atoms with Gasteiger partial charge in [-0.15, -0.1) is 0 Å². The lowest BCUT2D eigenvalue weighted by atomic mass is 10.2. The second-order valence-corrected chi connectivity index (χ2v) is 6.91. The van der Waals surface area contributed by atoms with E-state index in [9.17, 15) is 9.59 Å². The molecular weight excluding hydrogens is 328 g/mol. The number of anilines is 2. The van der Waals surface area contributed by atoms with E-state index >= 15 is 0 Å². The Balaban J connectivity index is 2.00. The van der Waals surface area contributed by atoms with Crippen molar-refractivity contribution >= 4 is 23.2 Å². The van der Waals surface area contributed by atoms with Gasteiger partial charge < -0.3 is 15.4 Å². The van der Waals surface area contributed by atoms with Crippen LogP contribution in [0.1, 0.15) is 38.1 Å². The smallest absolute Gasteiger partial charge is 0.255 e. The number of carbonyl (C=O) groups excluding carboxylic acids is 2. The Kier molecular flexibility index (Phi) is 6.78. The Morgan fingerprint density at radius 1 is 0.923 bits per heavy atom. The average Bonchev–Trinajstić information content (AvgIpc) is 2.60. The fourth-order valence-electron chi connectivity index (χ4n) is 2.13. The van der Waals surface area contributed by atoms with Crippen LogP contribution in [0.5, 0.6) is 5.75 Å². The molecule has 0 saturated carbocycles. The van der Waals surface area contributed by atoms with E-state index in [1.165, 1.54) is 0 Å². The minimum atomic E-state index is -0.215. The summed E-state index contributed by atoms with van der Waals surface area (Å²) in [6, 6.07) is 14.1. The molecule has 0 unspecified atom stereocenters. The van der Waals surface area contributed by atoms with Gasteiger partial charge >= 0.3 is 0 Å². The molecule has 0 aromatic heterocycles. The third kappa shape index (κ3) is 5.92. The van der Waals surface area contributed by atoms with E-state index in [1.54, 1.807) is 48.5 Å². The minimum absolute atomic E-state index is 0.0644. The summed E-state index contributed by atoms with van der Waals surface area (Å²) in [5.41, 5.74) is 1.81. The van der Waals surface area contributed by atoms with Crippen molar-refractivity contribution in [3.8, 4) is 5.75 Å². The molecule has 0 spiro atoms. The highest BCUT2D eigenvalue weighted by molar-refractivity contribution is 6.04. The molecule has 0 saturated heterocycles. The molecule has 2 aromatic rings. The van der Waals surface area contributed by atoms with Gasteiger partial charge in [0.25, 0.3) is 5.91 Å². The molecule has 26 heavy (non-hydrogen) atoms. The molecule has 0 heterocycles. The van der Waals surface area contributed by atoms with Crippen LogP contribution in [-0.2, 0) is 4.79 Å². The monoisotopic (exact) mass is 354 g/mol. The molecule has 5 nitrogen and oxygen atoms in total. The first-order chi connectivity index (χ1) is 12.3. The number of amides is 2. The Hall–Kier alpha value is -2.82. The minimum Gasteiger partial charge on any atom is -0.493 e. The van der Waals surface area contributed by atoms with Crippen molar-refractivity contribution in [2.75, 3.05) is 17.2 Å². The molecule has 0 aliphatic carbocycles. The number of carbonyl (C=O) groups is 2. The molecule has 0 aliphatic heterocycles. The predicted molar refractivity (Wildman–Crippen MR) is 105 cm³/mol. The Bertz CT molecular complexity index is 752. The summed E-state index contributed by atoms with van der Waals surface area (Å²) in [7, 11) is 0. The first kappa shape index (κ1) is 19.5. The van der Waals surface area contributed by atoms with E-state index in [0.717, 1.165) is 5.75 Å². The van der Waals surface area contributed by atoms with Gasteiger partial charge in [0.15, 0.2) is 0 Å². The van der Waals surface area contributed by atoms with Gasteiger partial charge in [-0.2, -0.15) is 0 Å². The summed E-state index contributed by atoms with van der Waals surface area (Å²) in [5.74, 6) is 0.804. The van der Waals surface area contributed by atoms with Gasteiger partial charge in [-0.3, -0.25) is 9.59 Å². The molecular formula is C21H26N2O3. The molecule has 138 valence electrons. The molecule has 0 atom stereocenters. The molecule has 2 aromatic carbocycles. The highest BCUT2D eigenvalue weighted by Gasteiger charge is 2.09. The van der Waals surface area contributed by atoms with E-state index in [-0.39, 0.29) is 17.7 Å². The number of ether oxygens (including phenoxy) is 1. The maximum Gasteiger partial charge on any atom is 0.255 e. The standard InChI is InChI=1S/C21H26N2O3/c1-14(2)13-26-19-10-8-16(9-11-19)21(25)23-18-7-5-6-17(12-18)22-20(24)15(3)4/h5-12,14-15H,13H2,1-4H3,(H,22,24)(H,23,25). The SMILES string of the molecule is CC(C)COc1ccc(C(=O)Nc2cccc(NC(=O)C(C)C)c2)cc1. The van der Waals surface area contributed by atoms with E-state index in [4.69, 9.17) is 4.74 Å². The summed E-state index contributed by atoms with van der Waals surface area (Å²) in [6.07, 6.45) is 0. The summed E-state index contributed by atoms with van der Waals surface area (Å²) < 4.78 is 5.62. The molecule has 0 fully saturated rings. The molecule has 2 rings (SSSR count). The predicted octanol–water partition coefficient (Wildman–Crippen LogP) is 4.57. The highest BCUT2D eigenvalue weighted by atomic mass is 16.5. The van der Waals surface area contributed by atoms with Crippen LogP contribution in [0.2, 0.25) is 0 Å². The first-order valence-corrected chi connectivity index (χ1v) is 8.80. The number of hydrogen-bond acceptors (Lipinski definition) is 3. The second kappa shape index (κ2) is 9.04. The summed E-state index contributed by atoms with van der Waals surface area (Å²) in [4.78, 5) is 24.2. The quantitative estimate of drug-likeness (QED) is 0.765. The van der Waals surface area contributed by atoms with Crippen LogP contribution in [0.25, 0.3) is 0 Å². The van der Waals surface area contributed by atoms with E-state index in [0.29, 0.717) is 29.5 Å². The van der Waals surface area contributed by atoms with E-state index < -0.39 is 0 Å². The largest absolute Gasteiger partial charge is 0.493 e. The zero-order valence-corrected chi connectivity index (χ0v) is 15.7. The van der Waals surface area contributed by atoms with Crippen molar-refractivity contribution < 1.29 is 14.3 Å². The van der Waals surface area contributed by atoms with Crippen molar-refractivity contribution in [2.45, 2.75) is 27.7 Å². The molecule has 2 N–H and O–H groups in total. The Morgan fingerprint density at radius 3 is 2.12 bits per heavy atom. The molecule has 0 aliphatic rings. The van der Waals surface area contributed by atoms with Crippen LogP contribution >= 0.6 is 0 Å². The van der Waals surface area contributed by atoms with Crippen LogP contribution in [0.3, 0.4) is 0 Å². The van der Waals surface area contributed by atoms with Crippen LogP contribution in [-0.4, -0.2) is 18.4 Å². The van der Waals surface area contributed by atoms with Gasteiger partial charge in [0.1, 0.15) is 5.75 Å². The summed E-state index contributed by atoms with van der Waals surface area (Å²) in [6.45, 7) is 8.46. The van der Waals surface area contributed by atoms with Crippen molar-refractivity contribution in [1.29, 1.82) is 0 Å². The van der Waals surface area contributed by atoms with E-state index in [2.05, 4.69) is 24.5 Å². The van der Waals surface area contributed by atoms with E-state index in [1.807, 2.05) is 13.8 Å². The van der Waals surface area contributed by atoms with Gasteiger partial charge in [0.2, 0.25) is 5.91 Å². The third-order valence-corrected chi connectivity index (χ3v) is 3.61. The van der Waals surface area contributed by atoms with Gasteiger partial charge in [-0.25, -0.2) is 0 Å². The number of rotatable bonds is 7. The zero-order valence-electron chi connectivity index (χ0n) is 15.7. The van der Waals surface area contributed by atoms with Gasteiger partial charge in [0, 0.05) is 22.9 Å². The Labute approximate surface area is 154 Å². The third-order valence-electron chi connectivity index (χ3n) is 3.61.